The molecule has 0 radical (unpaired) electrons. The first-order valence-corrected chi connectivity index (χ1v) is 20.3. The minimum absolute atomic E-state index is 1.09. The van der Waals surface area contributed by atoms with Crippen LogP contribution in [0.15, 0.2) is 249 Å². The van der Waals surface area contributed by atoms with Crippen LogP contribution < -0.4 is 4.90 Å². The largest absolute Gasteiger partial charge is 0.310 e. The molecule has 278 valence electrons. The molecular weight excluding hydrogens is 711 g/mol. The van der Waals surface area contributed by atoms with Crippen molar-refractivity contribution in [1.82, 2.24) is 0 Å². The Morgan fingerprint density at radius 1 is 0.237 bits per heavy atom. The quantitative estimate of drug-likeness (QED) is 0.142. The Bertz CT molecular complexity index is 2990. The molecule has 0 aliphatic carbocycles. The molecule has 0 N–H and O–H groups in total. The molecule has 0 aliphatic rings. The first kappa shape index (κ1) is 35.7. The lowest BCUT2D eigenvalue weighted by atomic mass is 9.89. The molecule has 10 aromatic rings. The highest BCUT2D eigenvalue weighted by Gasteiger charge is 2.19. The first-order chi connectivity index (χ1) is 29.3. The van der Waals surface area contributed by atoms with Gasteiger partial charge < -0.3 is 4.90 Å². The van der Waals surface area contributed by atoms with Gasteiger partial charge in [-0.05, 0) is 108 Å². The van der Waals surface area contributed by atoms with E-state index < -0.39 is 0 Å². The molecule has 0 unspecified atom stereocenters. The van der Waals surface area contributed by atoms with Crippen molar-refractivity contribution in [2.75, 3.05) is 4.90 Å². The van der Waals surface area contributed by atoms with Crippen molar-refractivity contribution in [2.24, 2.45) is 0 Å². The smallest absolute Gasteiger partial charge is 0.0540 e. The highest BCUT2D eigenvalue weighted by Crippen LogP contribution is 2.44. The van der Waals surface area contributed by atoms with E-state index in [1.165, 1.54) is 77.5 Å². The maximum Gasteiger partial charge on any atom is 0.0540 e. The van der Waals surface area contributed by atoms with Gasteiger partial charge in [-0.1, -0.05) is 212 Å². The van der Waals surface area contributed by atoms with Gasteiger partial charge in [-0.3, -0.25) is 0 Å². The zero-order valence-corrected chi connectivity index (χ0v) is 32.6. The molecule has 1 nitrogen and oxygen atoms in total. The molecule has 0 spiro atoms. The Kier molecular flexibility index (Phi) is 9.68. The standard InChI is InChI=1S/C58H41N/c1-5-17-43(18-6-1)52-39-34-49(41-56(52)46-23-11-4-12-24-46)42-29-35-50(36-30-42)59(57-28-16-15-26-53(57)44-19-7-2-8-20-44)51-37-31-48(32-38-51)58-54-27-14-13-25-47(54)33-40-55(58)45-21-9-3-10-22-45/h1-41H. The fourth-order valence-electron chi connectivity index (χ4n) is 8.43. The summed E-state index contributed by atoms with van der Waals surface area (Å²) in [5.41, 5.74) is 17.7. The van der Waals surface area contributed by atoms with Crippen molar-refractivity contribution in [1.29, 1.82) is 0 Å². The van der Waals surface area contributed by atoms with E-state index in [0.29, 0.717) is 0 Å². The lowest BCUT2D eigenvalue weighted by molar-refractivity contribution is 1.28. The number of rotatable bonds is 9. The molecule has 0 amide bonds. The summed E-state index contributed by atoms with van der Waals surface area (Å²) < 4.78 is 0. The van der Waals surface area contributed by atoms with Gasteiger partial charge in [0.1, 0.15) is 0 Å². The van der Waals surface area contributed by atoms with Crippen LogP contribution in [-0.4, -0.2) is 0 Å². The monoisotopic (exact) mass is 751 g/mol. The SMILES string of the molecule is c1ccc(-c2ccc(-c3ccc(N(c4ccc(-c5c(-c6ccccc6)ccc6ccccc56)cc4)c4ccccc4-c4ccccc4)cc3)cc2-c2ccccc2)cc1. The van der Waals surface area contributed by atoms with Crippen molar-refractivity contribution in [3.8, 4) is 66.8 Å². The van der Waals surface area contributed by atoms with Crippen LogP contribution in [0, 0.1) is 0 Å². The molecule has 0 fully saturated rings. The third-order valence-corrected chi connectivity index (χ3v) is 11.3. The van der Waals surface area contributed by atoms with Gasteiger partial charge in [0.05, 0.1) is 5.69 Å². The van der Waals surface area contributed by atoms with Crippen molar-refractivity contribution in [3.05, 3.63) is 249 Å². The number of para-hydroxylation sites is 1. The number of nitrogens with zero attached hydrogens (tertiary/aromatic N) is 1. The number of hydrogen-bond donors (Lipinski definition) is 0. The zero-order chi connectivity index (χ0) is 39.4. The molecule has 0 aliphatic heterocycles. The van der Waals surface area contributed by atoms with Crippen molar-refractivity contribution in [2.45, 2.75) is 0 Å². The van der Waals surface area contributed by atoms with E-state index in [-0.39, 0.29) is 0 Å². The molecule has 0 aromatic heterocycles. The maximum atomic E-state index is 2.39. The molecule has 0 saturated carbocycles. The summed E-state index contributed by atoms with van der Waals surface area (Å²) in [4.78, 5) is 2.39. The molecule has 1 heteroatoms. The summed E-state index contributed by atoms with van der Waals surface area (Å²) in [5.74, 6) is 0. The van der Waals surface area contributed by atoms with Crippen LogP contribution in [-0.2, 0) is 0 Å². The third kappa shape index (κ3) is 7.12. The fourth-order valence-corrected chi connectivity index (χ4v) is 8.43. The predicted octanol–water partition coefficient (Wildman–Crippen LogP) is 16.3. The van der Waals surface area contributed by atoms with Crippen LogP contribution in [0.3, 0.4) is 0 Å². The highest BCUT2D eigenvalue weighted by atomic mass is 15.1. The molecule has 0 bridgehead atoms. The van der Waals surface area contributed by atoms with E-state index in [9.17, 15) is 0 Å². The second-order valence-corrected chi connectivity index (χ2v) is 14.9. The average Bonchev–Trinajstić information content (AvgIpc) is 3.33. The predicted molar refractivity (Wildman–Crippen MR) is 251 cm³/mol. The molecule has 0 saturated heterocycles. The number of fused-ring (bicyclic) bond motifs is 1. The van der Waals surface area contributed by atoms with Crippen LogP contribution >= 0.6 is 0 Å². The molecule has 10 aromatic carbocycles. The van der Waals surface area contributed by atoms with Crippen LogP contribution in [0.25, 0.3) is 77.5 Å². The number of anilines is 3. The van der Waals surface area contributed by atoms with Crippen LogP contribution in [0.2, 0.25) is 0 Å². The number of hydrogen-bond acceptors (Lipinski definition) is 1. The van der Waals surface area contributed by atoms with Gasteiger partial charge in [0.2, 0.25) is 0 Å². The lowest BCUT2D eigenvalue weighted by Crippen LogP contribution is -2.11. The van der Waals surface area contributed by atoms with Crippen molar-refractivity contribution < 1.29 is 0 Å². The van der Waals surface area contributed by atoms with Gasteiger partial charge in [-0.25, -0.2) is 0 Å². The minimum atomic E-state index is 1.09. The Hall–Kier alpha value is -7.74. The van der Waals surface area contributed by atoms with Crippen molar-refractivity contribution in [3.63, 3.8) is 0 Å². The van der Waals surface area contributed by atoms with Gasteiger partial charge in [-0.2, -0.15) is 0 Å². The van der Waals surface area contributed by atoms with E-state index in [1.54, 1.807) is 0 Å². The summed E-state index contributed by atoms with van der Waals surface area (Å²) in [5, 5.41) is 2.48. The van der Waals surface area contributed by atoms with Gasteiger partial charge in [0.15, 0.2) is 0 Å². The normalized spacial score (nSPS) is 11.1. The van der Waals surface area contributed by atoms with Crippen LogP contribution in [0.1, 0.15) is 0 Å². The zero-order valence-electron chi connectivity index (χ0n) is 32.6. The molecule has 0 atom stereocenters. The summed E-state index contributed by atoms with van der Waals surface area (Å²) in [7, 11) is 0. The number of benzene rings is 10. The highest BCUT2D eigenvalue weighted by molar-refractivity contribution is 6.04. The lowest BCUT2D eigenvalue weighted by Gasteiger charge is -2.28. The summed E-state index contributed by atoms with van der Waals surface area (Å²) >= 11 is 0. The van der Waals surface area contributed by atoms with Crippen LogP contribution in [0.4, 0.5) is 17.1 Å². The summed E-state index contributed by atoms with van der Waals surface area (Å²) in [6, 6.07) is 89.7. The molecule has 59 heavy (non-hydrogen) atoms. The maximum absolute atomic E-state index is 2.39. The minimum Gasteiger partial charge on any atom is -0.310 e. The van der Waals surface area contributed by atoms with E-state index in [0.717, 1.165) is 17.1 Å². The third-order valence-electron chi connectivity index (χ3n) is 11.3. The molecule has 0 heterocycles. The topological polar surface area (TPSA) is 3.24 Å². The Morgan fingerprint density at radius 2 is 0.678 bits per heavy atom. The van der Waals surface area contributed by atoms with Gasteiger partial charge in [0.25, 0.3) is 0 Å². The second kappa shape index (κ2) is 16.0. The van der Waals surface area contributed by atoms with Crippen molar-refractivity contribution >= 4 is 27.8 Å². The average molecular weight is 752 g/mol. The van der Waals surface area contributed by atoms with Gasteiger partial charge in [0, 0.05) is 16.9 Å². The van der Waals surface area contributed by atoms with E-state index in [4.69, 9.17) is 0 Å². The fraction of sp³-hybridized carbons (Fsp3) is 0. The van der Waals surface area contributed by atoms with E-state index >= 15 is 0 Å². The Morgan fingerprint density at radius 3 is 1.29 bits per heavy atom. The Labute approximate surface area is 346 Å². The van der Waals surface area contributed by atoms with E-state index in [2.05, 4.69) is 254 Å². The van der Waals surface area contributed by atoms with Gasteiger partial charge >= 0.3 is 0 Å². The Balaban J connectivity index is 1.09. The summed E-state index contributed by atoms with van der Waals surface area (Å²) in [6.07, 6.45) is 0. The molecule has 10 rings (SSSR count). The second-order valence-electron chi connectivity index (χ2n) is 14.9. The molecular formula is C58H41N. The van der Waals surface area contributed by atoms with Gasteiger partial charge in [-0.15, -0.1) is 0 Å². The van der Waals surface area contributed by atoms with Crippen LogP contribution in [0.5, 0.6) is 0 Å². The van der Waals surface area contributed by atoms with E-state index in [1.807, 2.05) is 0 Å². The first-order valence-electron chi connectivity index (χ1n) is 20.3. The summed E-state index contributed by atoms with van der Waals surface area (Å²) in [6.45, 7) is 0.